The van der Waals surface area contributed by atoms with Crippen LogP contribution in [0.4, 0.5) is 11.8 Å². The molecule has 2 aliphatic rings. The quantitative estimate of drug-likeness (QED) is 0.719. The van der Waals surface area contributed by atoms with Crippen LogP contribution in [0, 0.1) is 20.8 Å². The zero-order chi connectivity index (χ0) is 22.7. The van der Waals surface area contributed by atoms with Crippen molar-refractivity contribution in [1.82, 2.24) is 24.8 Å². The van der Waals surface area contributed by atoms with Gasteiger partial charge in [0.1, 0.15) is 11.6 Å². The third kappa shape index (κ3) is 5.07. The maximum Gasteiger partial charge on any atom is 0.255 e. The van der Waals surface area contributed by atoms with Gasteiger partial charge in [0, 0.05) is 68.7 Å². The molecule has 10 heteroatoms. The van der Waals surface area contributed by atoms with E-state index in [1.165, 1.54) is 0 Å². The molecule has 4 heterocycles. The molecular weight excluding hydrogens is 410 g/mol. The summed E-state index contributed by atoms with van der Waals surface area (Å²) >= 11 is 0. The van der Waals surface area contributed by atoms with E-state index in [1.54, 1.807) is 0 Å². The first kappa shape index (κ1) is 22.2. The lowest BCUT2D eigenvalue weighted by molar-refractivity contribution is -0.131. The Balaban J connectivity index is 1.33. The molecule has 10 nitrogen and oxygen atoms in total. The van der Waals surface area contributed by atoms with Crippen LogP contribution in [-0.2, 0) is 16.0 Å². The minimum absolute atomic E-state index is 0.0655. The molecule has 0 atom stereocenters. The molecule has 2 fully saturated rings. The Kier molecular flexibility index (Phi) is 6.69. The van der Waals surface area contributed by atoms with E-state index in [0.717, 1.165) is 30.4 Å². The number of carbonyl (C=O) groups excluding carboxylic acids is 1. The first-order valence-electron chi connectivity index (χ1n) is 11.2. The van der Waals surface area contributed by atoms with Gasteiger partial charge in [0.05, 0.1) is 13.2 Å². The van der Waals surface area contributed by atoms with Gasteiger partial charge in [0.2, 0.25) is 11.9 Å². The number of carbonyl (C=O) groups is 1. The molecule has 0 bridgehead atoms. The van der Waals surface area contributed by atoms with Gasteiger partial charge in [-0.2, -0.15) is 0 Å². The highest BCUT2D eigenvalue weighted by molar-refractivity contribution is 5.76. The summed E-state index contributed by atoms with van der Waals surface area (Å²) < 4.78 is 5.36. The molecule has 0 spiro atoms. The molecule has 2 aliphatic heterocycles. The summed E-state index contributed by atoms with van der Waals surface area (Å²) in [5.74, 6) is 2.32. The summed E-state index contributed by atoms with van der Waals surface area (Å²) in [4.78, 5) is 47.8. The van der Waals surface area contributed by atoms with Gasteiger partial charge in [-0.05, 0) is 27.2 Å². The fourth-order valence-electron chi connectivity index (χ4n) is 4.25. The van der Waals surface area contributed by atoms with Crippen LogP contribution in [0.1, 0.15) is 29.2 Å². The number of aromatic amines is 1. The van der Waals surface area contributed by atoms with Gasteiger partial charge in [-0.3, -0.25) is 14.6 Å². The summed E-state index contributed by atoms with van der Waals surface area (Å²) in [6.07, 6.45) is 0.690. The lowest BCUT2D eigenvalue weighted by atomic mass is 10.1. The normalized spacial score (nSPS) is 17.0. The number of nitrogens with one attached hydrogen (secondary N) is 1. The van der Waals surface area contributed by atoms with Crippen LogP contribution in [0.5, 0.6) is 0 Å². The van der Waals surface area contributed by atoms with Crippen molar-refractivity contribution in [2.24, 2.45) is 0 Å². The SMILES string of the molecule is Cc1cc(N2CCN(C(=O)CCc3c(C)nc(N4CCOCC4)[nH]c3=O)CC2)nc(C)n1. The molecule has 4 rings (SSSR count). The van der Waals surface area contributed by atoms with Crippen LogP contribution in [0.3, 0.4) is 0 Å². The molecular formula is C22H31N7O3. The summed E-state index contributed by atoms with van der Waals surface area (Å²) in [5, 5.41) is 0. The number of ether oxygens (including phenoxy) is 1. The topological polar surface area (TPSA) is 108 Å². The number of morpholine rings is 1. The van der Waals surface area contributed by atoms with Gasteiger partial charge in [-0.25, -0.2) is 15.0 Å². The van der Waals surface area contributed by atoms with Crippen LogP contribution in [0.2, 0.25) is 0 Å². The highest BCUT2D eigenvalue weighted by Crippen LogP contribution is 2.16. The Labute approximate surface area is 187 Å². The molecule has 1 N–H and O–H groups in total. The third-order valence-corrected chi connectivity index (χ3v) is 6.02. The van der Waals surface area contributed by atoms with Crippen LogP contribution in [-0.4, -0.2) is 83.2 Å². The van der Waals surface area contributed by atoms with Crippen molar-refractivity contribution in [3.63, 3.8) is 0 Å². The number of anilines is 2. The highest BCUT2D eigenvalue weighted by atomic mass is 16.5. The first-order valence-corrected chi connectivity index (χ1v) is 11.2. The molecule has 0 aliphatic carbocycles. The maximum absolute atomic E-state index is 12.8. The number of piperazine rings is 1. The van der Waals surface area contributed by atoms with Gasteiger partial charge >= 0.3 is 0 Å². The number of amides is 1. The molecule has 32 heavy (non-hydrogen) atoms. The van der Waals surface area contributed by atoms with E-state index < -0.39 is 0 Å². The largest absolute Gasteiger partial charge is 0.378 e. The average molecular weight is 442 g/mol. The van der Waals surface area contributed by atoms with Crippen molar-refractivity contribution < 1.29 is 9.53 Å². The standard InChI is InChI=1S/C22H31N7O3/c1-15-14-19(25-17(3)23-15)27-6-8-28(9-7-27)20(30)5-4-18-16(2)24-22(26-21(18)31)29-10-12-32-13-11-29/h14H,4-13H2,1-3H3,(H,24,26,31). The Bertz CT molecular complexity index is 1000. The van der Waals surface area contributed by atoms with E-state index in [-0.39, 0.29) is 11.5 Å². The minimum atomic E-state index is -0.161. The summed E-state index contributed by atoms with van der Waals surface area (Å²) in [6.45, 7) is 11.1. The van der Waals surface area contributed by atoms with Crippen molar-refractivity contribution >= 4 is 17.7 Å². The van der Waals surface area contributed by atoms with Crippen LogP contribution in [0.15, 0.2) is 10.9 Å². The molecule has 2 aromatic rings. The van der Waals surface area contributed by atoms with E-state index in [1.807, 2.05) is 36.6 Å². The van der Waals surface area contributed by atoms with Crippen molar-refractivity contribution in [2.75, 3.05) is 62.3 Å². The molecule has 2 saturated heterocycles. The number of nitrogens with zero attached hydrogens (tertiary/aromatic N) is 6. The number of H-pyrrole nitrogens is 1. The van der Waals surface area contributed by atoms with Crippen LogP contribution < -0.4 is 15.4 Å². The van der Waals surface area contributed by atoms with Crippen molar-refractivity contribution in [2.45, 2.75) is 33.6 Å². The Morgan fingerprint density at radius 3 is 2.38 bits per heavy atom. The van der Waals surface area contributed by atoms with E-state index in [9.17, 15) is 9.59 Å². The smallest absolute Gasteiger partial charge is 0.255 e. The summed E-state index contributed by atoms with van der Waals surface area (Å²) in [7, 11) is 0. The van der Waals surface area contributed by atoms with Gasteiger partial charge in [-0.15, -0.1) is 0 Å². The van der Waals surface area contributed by atoms with E-state index in [4.69, 9.17) is 4.74 Å². The number of hydrogen-bond acceptors (Lipinski definition) is 8. The number of aryl methyl sites for hydroxylation is 3. The van der Waals surface area contributed by atoms with Crippen molar-refractivity contribution in [1.29, 1.82) is 0 Å². The van der Waals surface area contributed by atoms with Crippen molar-refractivity contribution in [3.8, 4) is 0 Å². The lowest BCUT2D eigenvalue weighted by Crippen LogP contribution is -2.49. The molecule has 172 valence electrons. The average Bonchev–Trinajstić information content (AvgIpc) is 2.78. The molecule has 0 saturated carbocycles. The highest BCUT2D eigenvalue weighted by Gasteiger charge is 2.23. The molecule has 1 amide bonds. The fraction of sp³-hybridized carbons (Fsp3) is 0.591. The molecule has 2 aromatic heterocycles. The van der Waals surface area contributed by atoms with Crippen LogP contribution in [0.25, 0.3) is 0 Å². The monoisotopic (exact) mass is 441 g/mol. The predicted octanol–water partition coefficient (Wildman–Crippen LogP) is 0.603. The number of hydrogen-bond donors (Lipinski definition) is 1. The zero-order valence-corrected chi connectivity index (χ0v) is 19.1. The second-order valence-electron chi connectivity index (χ2n) is 8.34. The number of aromatic nitrogens is 4. The maximum atomic E-state index is 12.8. The van der Waals surface area contributed by atoms with Gasteiger partial charge in [0.15, 0.2) is 0 Å². The van der Waals surface area contributed by atoms with Crippen LogP contribution >= 0.6 is 0 Å². The Morgan fingerprint density at radius 1 is 1.00 bits per heavy atom. The predicted molar refractivity (Wildman–Crippen MR) is 121 cm³/mol. The van der Waals surface area contributed by atoms with Gasteiger partial charge in [0.25, 0.3) is 5.56 Å². The van der Waals surface area contributed by atoms with Crippen molar-refractivity contribution in [3.05, 3.63) is 39.2 Å². The van der Waals surface area contributed by atoms with E-state index in [0.29, 0.717) is 69.4 Å². The molecule has 0 unspecified atom stereocenters. The van der Waals surface area contributed by atoms with E-state index in [2.05, 4.69) is 24.8 Å². The minimum Gasteiger partial charge on any atom is -0.378 e. The second kappa shape index (κ2) is 9.64. The third-order valence-electron chi connectivity index (χ3n) is 6.02. The molecule has 0 radical (unpaired) electrons. The Hall–Kier alpha value is -3.01. The summed E-state index contributed by atoms with van der Waals surface area (Å²) in [5.41, 5.74) is 2.05. The Morgan fingerprint density at radius 2 is 1.72 bits per heavy atom. The fourth-order valence-corrected chi connectivity index (χ4v) is 4.25. The number of rotatable bonds is 5. The molecule has 0 aromatic carbocycles. The zero-order valence-electron chi connectivity index (χ0n) is 19.1. The second-order valence-corrected chi connectivity index (χ2v) is 8.34. The van der Waals surface area contributed by atoms with Gasteiger partial charge < -0.3 is 19.4 Å². The van der Waals surface area contributed by atoms with Gasteiger partial charge in [-0.1, -0.05) is 0 Å². The lowest BCUT2D eigenvalue weighted by Gasteiger charge is -2.35. The van der Waals surface area contributed by atoms with E-state index >= 15 is 0 Å². The first-order chi connectivity index (χ1) is 15.4. The summed E-state index contributed by atoms with van der Waals surface area (Å²) in [6, 6.07) is 1.98.